The van der Waals surface area contributed by atoms with Crippen LogP contribution in [0.1, 0.15) is 21.6 Å². The summed E-state index contributed by atoms with van der Waals surface area (Å²) >= 11 is 0. The molecular weight excluding hydrogens is 390 g/mol. The lowest BCUT2D eigenvalue weighted by Gasteiger charge is -2.15. The van der Waals surface area contributed by atoms with E-state index in [0.29, 0.717) is 22.5 Å². The van der Waals surface area contributed by atoms with Gasteiger partial charge in [-0.2, -0.15) is 5.10 Å². The van der Waals surface area contributed by atoms with Crippen molar-refractivity contribution in [3.8, 4) is 11.6 Å². The van der Waals surface area contributed by atoms with Gasteiger partial charge in [-0.1, -0.05) is 6.08 Å². The van der Waals surface area contributed by atoms with Gasteiger partial charge in [-0.3, -0.25) is 14.7 Å². The van der Waals surface area contributed by atoms with Gasteiger partial charge >= 0.3 is 0 Å². The molecule has 1 atom stereocenters. The largest absolute Gasteiger partial charge is 0.495 e. The number of carbonyl (C=O) groups excluding carboxylic acids is 2. The monoisotopic (exact) mass is 411 g/mol. The van der Waals surface area contributed by atoms with Crippen LogP contribution in [0.2, 0.25) is 0 Å². The molecule has 5 N–H and O–H groups in total. The van der Waals surface area contributed by atoms with Crippen LogP contribution in [0, 0.1) is 0 Å². The minimum absolute atomic E-state index is 0.173. The Hall–Kier alpha value is -3.92. The summed E-state index contributed by atoms with van der Waals surface area (Å²) in [6, 6.07) is 5.58. The van der Waals surface area contributed by atoms with Crippen LogP contribution in [0.15, 0.2) is 30.5 Å². The molecule has 10 heteroatoms. The third kappa shape index (κ3) is 4.23. The Labute approximate surface area is 171 Å². The van der Waals surface area contributed by atoms with Crippen LogP contribution >= 0.6 is 0 Å². The van der Waals surface area contributed by atoms with Crippen LogP contribution in [-0.2, 0) is 4.79 Å². The Morgan fingerprint density at radius 1 is 1.23 bits per heavy atom. The summed E-state index contributed by atoms with van der Waals surface area (Å²) in [6.45, 7) is -0.610. The van der Waals surface area contributed by atoms with Crippen LogP contribution in [0.25, 0.3) is 23.1 Å². The number of nitrogens with one attached hydrogen (secondary N) is 2. The van der Waals surface area contributed by atoms with E-state index < -0.39 is 24.5 Å². The smallest absolute Gasteiger partial charge is 0.255 e. The van der Waals surface area contributed by atoms with E-state index in [1.807, 2.05) is 12.1 Å². The second-order valence-electron chi connectivity index (χ2n) is 6.26. The number of nitrogens with two attached hydrogens (primary N) is 1. The summed E-state index contributed by atoms with van der Waals surface area (Å²) < 4.78 is 10.5. The maximum atomic E-state index is 12.6. The molecule has 0 saturated carbocycles. The third-order valence-electron chi connectivity index (χ3n) is 4.39. The van der Waals surface area contributed by atoms with Gasteiger partial charge < -0.3 is 25.6 Å². The Morgan fingerprint density at radius 3 is 2.63 bits per heavy atom. The van der Waals surface area contributed by atoms with Gasteiger partial charge in [0.25, 0.3) is 5.91 Å². The number of H-pyrrole nitrogens is 1. The average molecular weight is 411 g/mol. The zero-order chi connectivity index (χ0) is 21.7. The van der Waals surface area contributed by atoms with Gasteiger partial charge in [0, 0.05) is 12.3 Å². The van der Waals surface area contributed by atoms with Crippen molar-refractivity contribution in [2.24, 2.45) is 5.73 Å². The molecule has 0 saturated heterocycles. The van der Waals surface area contributed by atoms with Crippen LogP contribution in [-0.4, -0.2) is 59.0 Å². The maximum Gasteiger partial charge on any atom is 0.255 e. The van der Waals surface area contributed by atoms with Gasteiger partial charge in [-0.25, -0.2) is 4.98 Å². The van der Waals surface area contributed by atoms with Gasteiger partial charge in [0.15, 0.2) is 0 Å². The fraction of sp³-hybridized carbons (Fsp3) is 0.200. The van der Waals surface area contributed by atoms with Crippen LogP contribution in [0.3, 0.4) is 0 Å². The number of fused-ring (bicyclic) bond motifs is 1. The van der Waals surface area contributed by atoms with Gasteiger partial charge in [0.1, 0.15) is 11.8 Å². The van der Waals surface area contributed by atoms with Crippen molar-refractivity contribution in [2.75, 3.05) is 20.8 Å². The van der Waals surface area contributed by atoms with E-state index in [4.69, 9.17) is 15.2 Å². The number of pyridine rings is 1. The number of hydrogen-bond acceptors (Lipinski definition) is 7. The van der Waals surface area contributed by atoms with Crippen LogP contribution in [0.5, 0.6) is 11.6 Å². The Balaban J connectivity index is 1.97. The highest BCUT2D eigenvalue weighted by Crippen LogP contribution is 2.32. The molecule has 3 aromatic rings. The van der Waals surface area contributed by atoms with Gasteiger partial charge in [0.05, 0.1) is 43.0 Å². The summed E-state index contributed by atoms with van der Waals surface area (Å²) in [5.74, 6) is -0.674. The molecule has 1 aromatic carbocycles. The average Bonchev–Trinajstić information content (AvgIpc) is 3.18. The highest BCUT2D eigenvalue weighted by molar-refractivity contribution is 6.06. The predicted molar refractivity (Wildman–Crippen MR) is 110 cm³/mol. The first-order valence-corrected chi connectivity index (χ1v) is 8.92. The molecule has 0 aliphatic rings. The minimum atomic E-state index is -1.20. The number of nitrogens with zero attached hydrogens (tertiary/aromatic N) is 2. The second-order valence-corrected chi connectivity index (χ2v) is 6.26. The Morgan fingerprint density at radius 2 is 2.03 bits per heavy atom. The van der Waals surface area contributed by atoms with Crippen molar-refractivity contribution in [1.82, 2.24) is 20.5 Å². The number of amides is 2. The molecule has 0 radical (unpaired) electrons. The van der Waals surface area contributed by atoms with Crippen LogP contribution < -0.4 is 20.5 Å². The maximum absolute atomic E-state index is 12.6. The van der Waals surface area contributed by atoms with Crippen molar-refractivity contribution in [1.29, 1.82) is 0 Å². The number of rotatable bonds is 8. The molecule has 156 valence electrons. The Kier molecular flexibility index (Phi) is 6.28. The number of methoxy groups -OCH3 is 2. The highest BCUT2D eigenvalue weighted by atomic mass is 16.5. The van der Waals surface area contributed by atoms with E-state index in [2.05, 4.69) is 20.5 Å². The SMILES string of the molecule is COc1ccc(/C=C/c2n[nH]c3ccc(C(=O)NC(CO)C(N)=O)c(OC)c23)cn1. The lowest BCUT2D eigenvalue weighted by molar-refractivity contribution is -0.120. The number of aliphatic hydroxyl groups is 1. The summed E-state index contributed by atoms with van der Waals surface area (Å²) in [5, 5.41) is 19.4. The fourth-order valence-corrected chi connectivity index (χ4v) is 2.85. The molecule has 2 aromatic heterocycles. The van der Waals surface area contributed by atoms with Gasteiger partial charge in [-0.15, -0.1) is 0 Å². The quantitative estimate of drug-likeness (QED) is 0.426. The standard InChI is InChI=1S/C20H21N5O5/c1-29-16-8-4-11(9-22-16)3-6-13-17-14(25-24-13)7-5-12(18(17)30-2)20(28)23-15(10-26)19(21)27/h3-9,15,26H,10H2,1-2H3,(H2,21,27)(H,23,28)(H,24,25)/b6-3+. The molecule has 0 bridgehead atoms. The Bertz CT molecular complexity index is 1090. The topological polar surface area (TPSA) is 152 Å². The second kappa shape index (κ2) is 9.05. The highest BCUT2D eigenvalue weighted by Gasteiger charge is 2.23. The minimum Gasteiger partial charge on any atom is -0.495 e. The molecule has 30 heavy (non-hydrogen) atoms. The van der Waals surface area contributed by atoms with Crippen molar-refractivity contribution in [3.05, 3.63) is 47.3 Å². The lowest BCUT2D eigenvalue weighted by atomic mass is 10.1. The molecule has 2 heterocycles. The van der Waals surface area contributed by atoms with Crippen LogP contribution in [0.4, 0.5) is 0 Å². The zero-order valence-corrected chi connectivity index (χ0v) is 16.4. The number of aliphatic hydroxyl groups excluding tert-OH is 1. The molecule has 10 nitrogen and oxygen atoms in total. The predicted octanol–water partition coefficient (Wildman–Crippen LogP) is 0.721. The van der Waals surface area contributed by atoms with E-state index >= 15 is 0 Å². The van der Waals surface area contributed by atoms with Crippen molar-refractivity contribution in [3.63, 3.8) is 0 Å². The molecule has 0 spiro atoms. The first-order chi connectivity index (χ1) is 14.5. The number of primary amides is 1. The number of ether oxygens (including phenoxy) is 2. The molecule has 0 fully saturated rings. The number of aromatic amines is 1. The fourth-order valence-electron chi connectivity index (χ4n) is 2.85. The van der Waals surface area contributed by atoms with E-state index in [9.17, 15) is 14.7 Å². The van der Waals surface area contributed by atoms with Gasteiger partial charge in [0.2, 0.25) is 11.8 Å². The van der Waals surface area contributed by atoms with E-state index in [0.717, 1.165) is 5.56 Å². The molecular formula is C20H21N5O5. The first-order valence-electron chi connectivity index (χ1n) is 8.92. The number of hydrogen-bond donors (Lipinski definition) is 4. The summed E-state index contributed by atoms with van der Waals surface area (Å²) in [6.07, 6.45) is 5.22. The lowest BCUT2D eigenvalue weighted by Crippen LogP contribution is -2.46. The zero-order valence-electron chi connectivity index (χ0n) is 16.4. The van der Waals surface area contributed by atoms with Gasteiger partial charge in [-0.05, 0) is 29.8 Å². The molecule has 2 amide bonds. The number of benzene rings is 1. The number of carbonyl (C=O) groups is 2. The van der Waals surface area contributed by atoms with Crippen molar-refractivity contribution in [2.45, 2.75) is 6.04 Å². The summed E-state index contributed by atoms with van der Waals surface area (Å²) in [5.41, 5.74) is 7.37. The normalized spacial score (nSPS) is 12.1. The van der Waals surface area contributed by atoms with E-state index in [1.165, 1.54) is 13.2 Å². The van der Waals surface area contributed by atoms with E-state index in [-0.39, 0.29) is 11.3 Å². The summed E-state index contributed by atoms with van der Waals surface area (Å²) in [7, 11) is 2.97. The summed E-state index contributed by atoms with van der Waals surface area (Å²) in [4.78, 5) is 28.1. The van der Waals surface area contributed by atoms with Crippen molar-refractivity contribution >= 4 is 34.9 Å². The van der Waals surface area contributed by atoms with Crippen molar-refractivity contribution < 1.29 is 24.2 Å². The molecule has 0 aliphatic carbocycles. The number of aromatic nitrogens is 3. The molecule has 1 unspecified atom stereocenters. The molecule has 3 rings (SSSR count). The first kappa shape index (κ1) is 20.8. The van der Waals surface area contributed by atoms with E-state index in [1.54, 1.807) is 31.5 Å². The third-order valence-corrected chi connectivity index (χ3v) is 4.39. The molecule has 0 aliphatic heterocycles.